The molecule has 0 saturated carbocycles. The number of anilines is 1. The minimum absolute atomic E-state index is 0.0185. The maximum atomic E-state index is 13.1. The maximum absolute atomic E-state index is 13.1. The van der Waals surface area contributed by atoms with Crippen LogP contribution in [0.2, 0.25) is 5.02 Å². The molecule has 1 aliphatic rings. The summed E-state index contributed by atoms with van der Waals surface area (Å²) in [5, 5.41) is 0.678. The van der Waals surface area contributed by atoms with Crippen LogP contribution in [0.1, 0.15) is 16.7 Å². The van der Waals surface area contributed by atoms with Crippen LogP contribution in [0.3, 0.4) is 0 Å². The topological polar surface area (TPSA) is 20.3 Å². The van der Waals surface area contributed by atoms with Gasteiger partial charge in [0.05, 0.1) is 12.2 Å². The molecule has 0 radical (unpaired) electrons. The molecular formula is C22H16ClNO. The molecule has 0 aliphatic carbocycles. The Labute approximate surface area is 152 Å². The van der Waals surface area contributed by atoms with Gasteiger partial charge in [0, 0.05) is 16.2 Å². The Bertz CT molecular complexity index is 963. The number of hydrogen-bond acceptors (Lipinski definition) is 1. The second-order valence-electron chi connectivity index (χ2n) is 6.01. The molecule has 0 spiro atoms. The summed E-state index contributed by atoms with van der Waals surface area (Å²) < 4.78 is 0. The quantitative estimate of drug-likeness (QED) is 0.580. The Morgan fingerprint density at radius 3 is 2.44 bits per heavy atom. The highest BCUT2D eigenvalue weighted by Crippen LogP contribution is 2.38. The highest BCUT2D eigenvalue weighted by atomic mass is 35.5. The van der Waals surface area contributed by atoms with Crippen LogP contribution in [0.4, 0.5) is 5.69 Å². The highest BCUT2D eigenvalue weighted by Gasteiger charge is 2.31. The van der Waals surface area contributed by atoms with Crippen molar-refractivity contribution in [2.45, 2.75) is 6.54 Å². The molecule has 122 valence electrons. The predicted molar refractivity (Wildman–Crippen MR) is 103 cm³/mol. The summed E-state index contributed by atoms with van der Waals surface area (Å²) in [7, 11) is 0. The Morgan fingerprint density at radius 1 is 0.880 bits per heavy atom. The van der Waals surface area contributed by atoms with Crippen LogP contribution in [0.15, 0.2) is 78.9 Å². The van der Waals surface area contributed by atoms with Crippen LogP contribution in [0.5, 0.6) is 0 Å². The van der Waals surface area contributed by atoms with Gasteiger partial charge in [0.2, 0.25) is 0 Å². The minimum Gasteiger partial charge on any atom is -0.303 e. The number of nitrogens with zero attached hydrogens (tertiary/aromatic N) is 1. The van der Waals surface area contributed by atoms with Crippen LogP contribution in [0, 0.1) is 0 Å². The van der Waals surface area contributed by atoms with Crippen molar-refractivity contribution in [1.29, 1.82) is 0 Å². The molecule has 0 bridgehead atoms. The average molecular weight is 346 g/mol. The first-order chi connectivity index (χ1) is 12.2. The van der Waals surface area contributed by atoms with E-state index in [1.165, 1.54) is 0 Å². The van der Waals surface area contributed by atoms with Crippen molar-refractivity contribution in [2.24, 2.45) is 0 Å². The van der Waals surface area contributed by atoms with Gasteiger partial charge in [-0.1, -0.05) is 72.3 Å². The second kappa shape index (κ2) is 6.58. The van der Waals surface area contributed by atoms with Crippen molar-refractivity contribution in [3.63, 3.8) is 0 Å². The summed E-state index contributed by atoms with van der Waals surface area (Å²) in [6.45, 7) is 0.503. The first-order valence-electron chi connectivity index (χ1n) is 8.15. The van der Waals surface area contributed by atoms with E-state index >= 15 is 0 Å². The Hall–Kier alpha value is -2.84. The number of hydrogen-bond donors (Lipinski definition) is 0. The van der Waals surface area contributed by atoms with Gasteiger partial charge in [0.15, 0.2) is 0 Å². The van der Waals surface area contributed by atoms with E-state index in [1.54, 1.807) is 0 Å². The molecule has 0 fully saturated rings. The number of carbonyl (C=O) groups excluding carboxylic acids is 1. The molecule has 1 heterocycles. The molecular weight excluding hydrogens is 330 g/mol. The fraction of sp³-hybridized carbons (Fsp3) is 0.0455. The molecule has 0 atom stereocenters. The number of benzene rings is 3. The molecule has 0 saturated heterocycles. The lowest BCUT2D eigenvalue weighted by atomic mass is 10.0. The van der Waals surface area contributed by atoms with Crippen LogP contribution in [0.25, 0.3) is 11.6 Å². The number of rotatable bonds is 3. The molecule has 2 nitrogen and oxygen atoms in total. The van der Waals surface area contributed by atoms with E-state index in [0.717, 1.165) is 28.0 Å². The monoisotopic (exact) mass is 345 g/mol. The van der Waals surface area contributed by atoms with Crippen molar-refractivity contribution < 1.29 is 4.79 Å². The number of halogens is 1. The summed E-state index contributed by atoms with van der Waals surface area (Å²) >= 11 is 6.09. The van der Waals surface area contributed by atoms with E-state index in [0.29, 0.717) is 11.6 Å². The number of para-hydroxylation sites is 1. The van der Waals surface area contributed by atoms with Crippen molar-refractivity contribution >= 4 is 34.8 Å². The average Bonchev–Trinajstić information content (AvgIpc) is 2.89. The molecule has 4 rings (SSSR count). The smallest absolute Gasteiger partial charge is 0.259 e. The molecule has 1 amide bonds. The molecule has 1 aliphatic heterocycles. The van der Waals surface area contributed by atoms with Gasteiger partial charge < -0.3 is 4.90 Å². The zero-order valence-corrected chi connectivity index (χ0v) is 14.3. The molecule has 3 aromatic rings. The van der Waals surface area contributed by atoms with E-state index in [9.17, 15) is 4.79 Å². The van der Waals surface area contributed by atoms with Crippen molar-refractivity contribution in [1.82, 2.24) is 0 Å². The van der Waals surface area contributed by atoms with Gasteiger partial charge >= 0.3 is 0 Å². The lowest BCUT2D eigenvalue weighted by molar-refractivity contribution is -0.113. The van der Waals surface area contributed by atoms with E-state index in [2.05, 4.69) is 0 Å². The molecule has 25 heavy (non-hydrogen) atoms. The lowest BCUT2D eigenvalue weighted by Gasteiger charge is -2.17. The Morgan fingerprint density at radius 2 is 1.64 bits per heavy atom. The zero-order valence-electron chi connectivity index (χ0n) is 13.5. The summed E-state index contributed by atoms with van der Waals surface area (Å²) in [6, 6.07) is 25.5. The largest absolute Gasteiger partial charge is 0.303 e. The van der Waals surface area contributed by atoms with Crippen molar-refractivity contribution in [3.05, 3.63) is 101 Å². The number of carbonyl (C=O) groups is 1. The third-order valence-electron chi connectivity index (χ3n) is 4.30. The first kappa shape index (κ1) is 15.7. The standard InChI is InChI=1S/C22H16ClNO/c23-18-10-6-9-17(13-18)15-24-21-12-5-4-11-19(21)20(22(24)25)14-16-7-2-1-3-8-16/h1-14H,15H2/b20-14-. The number of fused-ring (bicyclic) bond motifs is 1. The maximum Gasteiger partial charge on any atom is 0.259 e. The fourth-order valence-electron chi connectivity index (χ4n) is 3.14. The van der Waals surface area contributed by atoms with Gasteiger partial charge in [-0.25, -0.2) is 0 Å². The third-order valence-corrected chi connectivity index (χ3v) is 4.54. The van der Waals surface area contributed by atoms with Gasteiger partial charge in [0.1, 0.15) is 0 Å². The van der Waals surface area contributed by atoms with Crippen molar-refractivity contribution in [3.8, 4) is 0 Å². The molecule has 3 heteroatoms. The van der Waals surface area contributed by atoms with Gasteiger partial charge in [-0.2, -0.15) is 0 Å². The fourth-order valence-corrected chi connectivity index (χ4v) is 3.35. The summed E-state index contributed by atoms with van der Waals surface area (Å²) in [5.74, 6) is 0.0185. The van der Waals surface area contributed by atoms with Gasteiger partial charge in [-0.15, -0.1) is 0 Å². The van der Waals surface area contributed by atoms with Crippen LogP contribution in [-0.4, -0.2) is 5.91 Å². The molecule has 0 aromatic heterocycles. The molecule has 0 N–H and O–H groups in total. The van der Waals surface area contributed by atoms with Gasteiger partial charge in [-0.05, 0) is 35.4 Å². The number of amides is 1. The van der Waals surface area contributed by atoms with E-state index < -0.39 is 0 Å². The van der Waals surface area contributed by atoms with Crippen molar-refractivity contribution in [2.75, 3.05) is 4.90 Å². The van der Waals surface area contributed by atoms with E-state index in [1.807, 2.05) is 89.8 Å². The molecule has 3 aromatic carbocycles. The van der Waals surface area contributed by atoms with E-state index in [4.69, 9.17) is 11.6 Å². The Kier molecular flexibility index (Phi) is 4.12. The highest BCUT2D eigenvalue weighted by molar-refractivity contribution is 6.35. The lowest BCUT2D eigenvalue weighted by Crippen LogP contribution is -2.25. The van der Waals surface area contributed by atoms with Crippen LogP contribution < -0.4 is 4.90 Å². The third kappa shape index (κ3) is 3.09. The second-order valence-corrected chi connectivity index (χ2v) is 6.44. The zero-order chi connectivity index (χ0) is 17.2. The summed E-state index contributed by atoms with van der Waals surface area (Å²) in [4.78, 5) is 14.9. The minimum atomic E-state index is 0.0185. The van der Waals surface area contributed by atoms with Crippen LogP contribution >= 0.6 is 11.6 Å². The SMILES string of the molecule is O=C1/C(=C\c2ccccc2)c2ccccc2N1Cc1cccc(Cl)c1. The van der Waals surface area contributed by atoms with Gasteiger partial charge in [-0.3, -0.25) is 4.79 Å². The Balaban J connectivity index is 1.75. The molecule has 0 unspecified atom stereocenters. The van der Waals surface area contributed by atoms with Gasteiger partial charge in [0.25, 0.3) is 5.91 Å². The normalized spacial score (nSPS) is 14.8. The first-order valence-corrected chi connectivity index (χ1v) is 8.52. The summed E-state index contributed by atoms with van der Waals surface area (Å²) in [6.07, 6.45) is 1.96. The summed E-state index contributed by atoms with van der Waals surface area (Å²) in [5.41, 5.74) is 4.67. The van der Waals surface area contributed by atoms with Crippen LogP contribution in [-0.2, 0) is 11.3 Å². The van der Waals surface area contributed by atoms with E-state index in [-0.39, 0.29) is 5.91 Å². The predicted octanol–water partition coefficient (Wildman–Crippen LogP) is 5.43.